The first-order valence-electron chi connectivity index (χ1n) is 6.15. The molecule has 0 saturated heterocycles. The number of nitrogens with one attached hydrogen (secondary N) is 2. The number of methoxy groups -OCH3 is 1. The highest BCUT2D eigenvalue weighted by Crippen LogP contribution is 2.37. The molecule has 4 N–H and O–H groups in total. The van der Waals surface area contributed by atoms with E-state index in [9.17, 15) is 4.79 Å². The van der Waals surface area contributed by atoms with Crippen LogP contribution >= 0.6 is 11.6 Å². The largest absolute Gasteiger partial charge is 0.454 e. The molecule has 0 unspecified atom stereocenters. The molecule has 22 heavy (non-hydrogen) atoms. The van der Waals surface area contributed by atoms with Gasteiger partial charge in [0.05, 0.1) is 19.0 Å². The van der Waals surface area contributed by atoms with E-state index in [0.717, 1.165) is 0 Å². The average molecular weight is 324 g/mol. The van der Waals surface area contributed by atoms with Crippen LogP contribution in [0.2, 0.25) is 5.02 Å². The number of rotatable bonds is 4. The van der Waals surface area contributed by atoms with E-state index in [2.05, 4.69) is 25.3 Å². The summed E-state index contributed by atoms with van der Waals surface area (Å²) in [5.74, 6) is 1.27. The van der Waals surface area contributed by atoms with Crippen LogP contribution in [-0.4, -0.2) is 30.2 Å². The van der Waals surface area contributed by atoms with Crippen LogP contribution in [0.1, 0.15) is 0 Å². The van der Waals surface area contributed by atoms with Crippen LogP contribution in [0.25, 0.3) is 0 Å². The lowest BCUT2D eigenvalue weighted by Gasteiger charge is -2.12. The van der Waals surface area contributed by atoms with Crippen molar-refractivity contribution in [3.8, 4) is 11.5 Å². The first kappa shape index (κ1) is 15.6. The van der Waals surface area contributed by atoms with Crippen molar-refractivity contribution in [1.82, 2.24) is 9.97 Å². The van der Waals surface area contributed by atoms with Crippen LogP contribution in [-0.2, 0) is 4.74 Å². The molecule has 0 bridgehead atoms. The van der Waals surface area contributed by atoms with Crippen molar-refractivity contribution in [3.63, 3.8) is 0 Å². The highest BCUT2D eigenvalue weighted by Gasteiger charge is 2.12. The van der Waals surface area contributed by atoms with E-state index in [1.54, 1.807) is 13.1 Å². The molecular formula is C13H14ClN5O3. The molecule has 0 aliphatic rings. The molecule has 2 aromatic heterocycles. The number of amides is 1. The molecule has 2 heterocycles. The minimum Gasteiger partial charge on any atom is -0.454 e. The van der Waals surface area contributed by atoms with Crippen LogP contribution in [0.5, 0.6) is 11.5 Å². The third-order valence-electron chi connectivity index (χ3n) is 2.64. The summed E-state index contributed by atoms with van der Waals surface area (Å²) in [7, 11) is 2.93. The number of carbonyl (C=O) groups excluding carboxylic acids is 1. The van der Waals surface area contributed by atoms with E-state index in [4.69, 9.17) is 22.1 Å². The maximum absolute atomic E-state index is 11.2. The first-order valence-corrected chi connectivity index (χ1v) is 6.53. The van der Waals surface area contributed by atoms with Crippen molar-refractivity contribution < 1.29 is 14.3 Å². The van der Waals surface area contributed by atoms with Crippen LogP contribution in [0.4, 0.5) is 22.1 Å². The summed E-state index contributed by atoms with van der Waals surface area (Å²) in [6.07, 6.45) is 2.25. The fourth-order valence-corrected chi connectivity index (χ4v) is 1.90. The first-order chi connectivity index (χ1) is 10.5. The molecule has 0 aliphatic heterocycles. The lowest BCUT2D eigenvalue weighted by molar-refractivity contribution is 0.187. The predicted octanol–water partition coefficient (Wildman–Crippen LogP) is 2.72. The van der Waals surface area contributed by atoms with Crippen LogP contribution in [0.3, 0.4) is 0 Å². The third kappa shape index (κ3) is 3.47. The van der Waals surface area contributed by atoms with Gasteiger partial charge in [-0.05, 0) is 6.07 Å². The summed E-state index contributed by atoms with van der Waals surface area (Å²) in [6.45, 7) is 0. The Morgan fingerprint density at radius 1 is 1.41 bits per heavy atom. The zero-order valence-electron chi connectivity index (χ0n) is 11.9. The summed E-state index contributed by atoms with van der Waals surface area (Å²) in [5, 5.41) is 5.58. The van der Waals surface area contributed by atoms with Crippen molar-refractivity contribution in [2.75, 3.05) is 30.5 Å². The van der Waals surface area contributed by atoms with Crippen molar-refractivity contribution in [2.45, 2.75) is 0 Å². The predicted molar refractivity (Wildman–Crippen MR) is 83.5 cm³/mol. The van der Waals surface area contributed by atoms with Crippen LogP contribution in [0.15, 0.2) is 24.5 Å². The number of pyridine rings is 2. The number of carbonyl (C=O) groups is 1. The van der Waals surface area contributed by atoms with Crippen molar-refractivity contribution >= 4 is 35.0 Å². The van der Waals surface area contributed by atoms with Gasteiger partial charge < -0.3 is 20.5 Å². The van der Waals surface area contributed by atoms with Gasteiger partial charge in [0, 0.05) is 19.3 Å². The molecule has 2 rings (SSSR count). The molecule has 2 aromatic rings. The normalized spacial score (nSPS) is 9.95. The molecule has 0 aromatic carbocycles. The second-order valence-electron chi connectivity index (χ2n) is 4.04. The Kier molecular flexibility index (Phi) is 4.84. The standard InChI is InChI=1S/C13H14ClN5O3/c1-16-11-10(14)8(6-18-12(11)15)22-7-3-4-17-9(5-7)19-13(20)21-2/h3-6,16H,1-2H3,(H2,15,18)(H,17,19,20). The zero-order chi connectivity index (χ0) is 16.1. The van der Waals surface area contributed by atoms with E-state index < -0.39 is 6.09 Å². The van der Waals surface area contributed by atoms with E-state index in [1.807, 2.05) is 0 Å². The fourth-order valence-electron chi connectivity index (χ4n) is 1.62. The Morgan fingerprint density at radius 3 is 2.86 bits per heavy atom. The van der Waals surface area contributed by atoms with Gasteiger partial charge in [0.2, 0.25) is 0 Å². The molecule has 0 aliphatic carbocycles. The fraction of sp³-hybridized carbons (Fsp3) is 0.154. The minimum atomic E-state index is -0.630. The highest BCUT2D eigenvalue weighted by atomic mass is 35.5. The number of halogens is 1. The van der Waals surface area contributed by atoms with Crippen molar-refractivity contribution in [2.24, 2.45) is 0 Å². The number of ether oxygens (including phenoxy) is 2. The molecule has 0 radical (unpaired) electrons. The van der Waals surface area contributed by atoms with Gasteiger partial charge in [-0.15, -0.1) is 0 Å². The number of hydrogen-bond donors (Lipinski definition) is 3. The molecule has 116 valence electrons. The number of nitrogens with zero attached hydrogens (tertiary/aromatic N) is 2. The lowest BCUT2D eigenvalue weighted by atomic mass is 10.3. The van der Waals surface area contributed by atoms with Gasteiger partial charge in [0.25, 0.3) is 0 Å². The molecule has 0 fully saturated rings. The van der Waals surface area contributed by atoms with Crippen molar-refractivity contribution in [1.29, 1.82) is 0 Å². The zero-order valence-corrected chi connectivity index (χ0v) is 12.6. The third-order valence-corrected chi connectivity index (χ3v) is 3.01. The number of nitrogens with two attached hydrogens (primary N) is 1. The molecule has 0 atom stereocenters. The second kappa shape index (κ2) is 6.81. The Hall–Kier alpha value is -2.74. The Labute approximate surface area is 131 Å². The van der Waals surface area contributed by atoms with Gasteiger partial charge in [0.1, 0.15) is 22.4 Å². The minimum absolute atomic E-state index is 0.266. The smallest absolute Gasteiger partial charge is 0.412 e. The number of aromatic nitrogens is 2. The summed E-state index contributed by atoms with van der Waals surface area (Å²) in [6, 6.07) is 3.12. The van der Waals surface area contributed by atoms with Gasteiger partial charge in [-0.3, -0.25) is 5.32 Å². The van der Waals surface area contributed by atoms with Gasteiger partial charge >= 0.3 is 6.09 Å². The lowest BCUT2D eigenvalue weighted by Crippen LogP contribution is -2.11. The Morgan fingerprint density at radius 2 is 2.18 bits per heavy atom. The molecule has 0 saturated carbocycles. The SMILES string of the molecule is CNc1c(N)ncc(Oc2ccnc(NC(=O)OC)c2)c1Cl. The van der Waals surface area contributed by atoms with E-state index in [-0.39, 0.29) is 11.6 Å². The molecule has 1 amide bonds. The van der Waals surface area contributed by atoms with E-state index in [0.29, 0.717) is 22.2 Å². The molecule has 0 spiro atoms. The van der Waals surface area contributed by atoms with Crippen LogP contribution < -0.4 is 21.1 Å². The van der Waals surface area contributed by atoms with E-state index >= 15 is 0 Å². The number of nitrogen functional groups attached to an aromatic ring is 1. The van der Waals surface area contributed by atoms with Crippen molar-refractivity contribution in [3.05, 3.63) is 29.5 Å². The van der Waals surface area contributed by atoms with Gasteiger partial charge in [-0.1, -0.05) is 11.6 Å². The van der Waals surface area contributed by atoms with Gasteiger partial charge in [0.15, 0.2) is 5.75 Å². The van der Waals surface area contributed by atoms with Gasteiger partial charge in [-0.2, -0.15) is 0 Å². The monoisotopic (exact) mass is 323 g/mol. The second-order valence-corrected chi connectivity index (χ2v) is 4.42. The van der Waals surface area contributed by atoms with Gasteiger partial charge in [-0.25, -0.2) is 14.8 Å². The maximum Gasteiger partial charge on any atom is 0.412 e. The summed E-state index contributed by atoms with van der Waals surface area (Å²) in [5.41, 5.74) is 6.18. The summed E-state index contributed by atoms with van der Waals surface area (Å²) < 4.78 is 10.1. The highest BCUT2D eigenvalue weighted by molar-refractivity contribution is 6.35. The Balaban J connectivity index is 2.24. The maximum atomic E-state index is 11.2. The Bertz CT molecular complexity index is 695. The summed E-state index contributed by atoms with van der Waals surface area (Å²) in [4.78, 5) is 19.1. The molecule has 8 nitrogen and oxygen atoms in total. The topological polar surface area (TPSA) is 111 Å². The van der Waals surface area contributed by atoms with Crippen LogP contribution in [0, 0.1) is 0 Å². The summed E-state index contributed by atoms with van der Waals surface area (Å²) >= 11 is 6.20. The molecular weight excluding hydrogens is 310 g/mol. The number of hydrogen-bond acceptors (Lipinski definition) is 7. The van der Waals surface area contributed by atoms with E-state index in [1.165, 1.54) is 25.6 Å². The number of anilines is 3. The quantitative estimate of drug-likeness (QED) is 0.793. The average Bonchev–Trinajstić information content (AvgIpc) is 2.51. The molecule has 9 heteroatoms.